The molecule has 3 unspecified atom stereocenters. The Morgan fingerprint density at radius 1 is 0.493 bits per heavy atom. The molecule has 410 valence electrons. The molecule has 69 heavy (non-hydrogen) atoms. The molecule has 0 saturated carbocycles. The van der Waals surface area contributed by atoms with Gasteiger partial charge in [-0.05, 0) is 31.8 Å². The molecule has 0 aliphatic rings. The van der Waals surface area contributed by atoms with Gasteiger partial charge < -0.3 is 28.5 Å². The van der Waals surface area contributed by atoms with E-state index in [2.05, 4.69) is 26.1 Å². The molecular weight excluding hydrogens is 880 g/mol. The zero-order valence-electron chi connectivity index (χ0n) is 46.8. The summed E-state index contributed by atoms with van der Waals surface area (Å²) in [6.07, 6.45) is 56.0. The van der Waals surface area contributed by atoms with Crippen LogP contribution in [0, 0.1) is 0 Å². The fourth-order valence-corrected chi connectivity index (χ4v) is 9.78. The number of quaternary nitrogens is 1. The third-order valence-corrected chi connectivity index (χ3v) is 14.7. The largest absolute Gasteiger partial charge is 0.756 e. The summed E-state index contributed by atoms with van der Waals surface area (Å²) in [7, 11) is 1.20. The topological polar surface area (TPSA) is 114 Å². The molecule has 0 fully saturated rings. The molecule has 9 nitrogen and oxygen atoms in total. The van der Waals surface area contributed by atoms with Crippen molar-refractivity contribution >= 4 is 19.7 Å². The molecule has 0 saturated heterocycles. The lowest BCUT2D eigenvalue weighted by Gasteiger charge is -2.30. The van der Waals surface area contributed by atoms with E-state index in [1.165, 1.54) is 212 Å². The zero-order valence-corrected chi connectivity index (χ0v) is 47.7. The van der Waals surface area contributed by atoms with Gasteiger partial charge in [0.25, 0.3) is 7.82 Å². The van der Waals surface area contributed by atoms with Crippen molar-refractivity contribution in [3.63, 3.8) is 0 Å². The molecule has 0 aromatic carbocycles. The number of esters is 1. The van der Waals surface area contributed by atoms with Gasteiger partial charge in [0.2, 0.25) is 5.91 Å². The van der Waals surface area contributed by atoms with Crippen molar-refractivity contribution < 1.29 is 37.3 Å². The number of phosphoric ester groups is 1. The number of phosphoric acid groups is 1. The van der Waals surface area contributed by atoms with Crippen LogP contribution in [-0.2, 0) is 27.9 Å². The Kier molecular flexibility index (Phi) is 49.4. The number of allylic oxidation sites excluding steroid dienone is 1. The van der Waals surface area contributed by atoms with E-state index in [1.807, 2.05) is 33.3 Å². The van der Waals surface area contributed by atoms with Gasteiger partial charge in [0, 0.05) is 12.8 Å². The first kappa shape index (κ1) is 67.8. The van der Waals surface area contributed by atoms with E-state index in [4.69, 9.17) is 13.8 Å². The highest BCUT2D eigenvalue weighted by Crippen LogP contribution is 2.38. The highest BCUT2D eigenvalue weighted by molar-refractivity contribution is 7.45. The highest BCUT2D eigenvalue weighted by atomic mass is 31.2. The van der Waals surface area contributed by atoms with E-state index in [1.54, 1.807) is 0 Å². The maximum atomic E-state index is 13.5. The second-order valence-corrected chi connectivity index (χ2v) is 23.3. The van der Waals surface area contributed by atoms with Gasteiger partial charge >= 0.3 is 5.97 Å². The molecule has 1 N–H and O–H groups in total. The van der Waals surface area contributed by atoms with Crippen LogP contribution >= 0.6 is 7.82 Å². The monoisotopic (exact) mass is 997 g/mol. The van der Waals surface area contributed by atoms with Crippen molar-refractivity contribution in [1.82, 2.24) is 5.32 Å². The standard InChI is InChI=1S/C59H117N2O7P/c1-7-10-13-16-19-22-25-27-28-29-30-31-32-34-36-39-42-45-48-51-58(62)60-56(55-67-69(64,65)66-54-53-61(4,5)6)57(50-47-44-41-38-35-24-21-18-15-12-9-3)68-59(63)52-49-46-43-40-37-33-26-23-20-17-14-11-8-2/h47,50,56-57H,7-46,48-49,51-55H2,1-6H3,(H-,60,62,64,65)/b50-47+. The lowest BCUT2D eigenvalue weighted by atomic mass is 10.0. The molecule has 0 aliphatic heterocycles. The quantitative estimate of drug-likeness (QED) is 0.0212. The lowest BCUT2D eigenvalue weighted by Crippen LogP contribution is -2.47. The SMILES string of the molecule is CCCCCCCCCCC/C=C/C(OC(=O)CCCCCCCCCCCCCCC)C(COP(=O)([O-])OCC[N+](C)(C)C)NC(=O)CCCCCCCCCCCCCCCCCCCCC. The first-order chi connectivity index (χ1) is 33.4. The predicted molar refractivity (Wildman–Crippen MR) is 294 cm³/mol. The molecule has 1 amide bonds. The average molecular weight is 998 g/mol. The lowest BCUT2D eigenvalue weighted by molar-refractivity contribution is -0.870. The Morgan fingerprint density at radius 2 is 0.826 bits per heavy atom. The number of likely N-dealkylation sites (N-methyl/N-ethyl adjacent to an activating group) is 1. The maximum absolute atomic E-state index is 13.5. The number of hydrogen-bond acceptors (Lipinski definition) is 7. The van der Waals surface area contributed by atoms with Crippen LogP contribution in [0.4, 0.5) is 0 Å². The van der Waals surface area contributed by atoms with Crippen molar-refractivity contribution in [3.05, 3.63) is 12.2 Å². The number of carbonyl (C=O) groups excluding carboxylic acids is 2. The summed E-state index contributed by atoms with van der Waals surface area (Å²) >= 11 is 0. The van der Waals surface area contributed by atoms with Crippen molar-refractivity contribution in [2.24, 2.45) is 0 Å². The molecule has 10 heteroatoms. The first-order valence-electron chi connectivity index (χ1n) is 30.0. The third kappa shape index (κ3) is 51.5. The first-order valence-corrected chi connectivity index (χ1v) is 31.5. The average Bonchev–Trinajstić information content (AvgIpc) is 3.31. The molecule has 0 rings (SSSR count). The molecule has 0 bridgehead atoms. The number of carbonyl (C=O) groups is 2. The molecule has 0 aliphatic carbocycles. The minimum absolute atomic E-state index is 0.0170. The van der Waals surface area contributed by atoms with Crippen LogP contribution in [0.1, 0.15) is 303 Å². The maximum Gasteiger partial charge on any atom is 0.306 e. The van der Waals surface area contributed by atoms with Crippen molar-refractivity contribution in [3.8, 4) is 0 Å². The van der Waals surface area contributed by atoms with E-state index in [9.17, 15) is 19.0 Å². The molecule has 0 spiro atoms. The Bertz CT molecular complexity index is 1190. The fourth-order valence-electron chi connectivity index (χ4n) is 9.05. The van der Waals surface area contributed by atoms with Crippen LogP contribution in [0.5, 0.6) is 0 Å². The van der Waals surface area contributed by atoms with Crippen LogP contribution < -0.4 is 10.2 Å². The molecular formula is C59H117N2O7P. The molecule has 0 aromatic rings. The summed E-state index contributed by atoms with van der Waals surface area (Å²) in [6, 6.07) is -0.878. The predicted octanol–water partition coefficient (Wildman–Crippen LogP) is 17.4. The minimum Gasteiger partial charge on any atom is -0.756 e. The second kappa shape index (κ2) is 50.3. The van der Waals surface area contributed by atoms with E-state index in [0.717, 1.165) is 57.8 Å². The summed E-state index contributed by atoms with van der Waals surface area (Å²) in [4.78, 5) is 39.8. The Balaban J connectivity index is 5.19. The molecule has 3 atom stereocenters. The summed E-state index contributed by atoms with van der Waals surface area (Å²) in [5.74, 6) is -0.523. The van der Waals surface area contributed by atoms with Gasteiger partial charge in [0.15, 0.2) is 0 Å². The Hall–Kier alpha value is -1.25. The third-order valence-electron chi connectivity index (χ3n) is 13.7. The number of ether oxygens (including phenoxy) is 1. The van der Waals surface area contributed by atoms with Crippen molar-refractivity contribution in [2.75, 3.05) is 40.9 Å². The van der Waals surface area contributed by atoms with E-state index < -0.39 is 20.0 Å². The van der Waals surface area contributed by atoms with Crippen LogP contribution in [0.2, 0.25) is 0 Å². The minimum atomic E-state index is -4.68. The van der Waals surface area contributed by atoms with Gasteiger partial charge in [-0.3, -0.25) is 14.2 Å². The zero-order chi connectivity index (χ0) is 50.8. The van der Waals surface area contributed by atoms with Crippen LogP contribution in [0.3, 0.4) is 0 Å². The van der Waals surface area contributed by atoms with Gasteiger partial charge in [-0.1, -0.05) is 271 Å². The number of hydrogen-bond donors (Lipinski definition) is 1. The summed E-state index contributed by atoms with van der Waals surface area (Å²) in [5.41, 5.74) is 0. The number of amides is 1. The summed E-state index contributed by atoms with van der Waals surface area (Å²) < 4.78 is 30.2. The number of unbranched alkanes of at least 4 members (excludes halogenated alkanes) is 39. The van der Waals surface area contributed by atoms with E-state index >= 15 is 0 Å². The smallest absolute Gasteiger partial charge is 0.306 e. The van der Waals surface area contributed by atoms with Gasteiger partial charge in [-0.2, -0.15) is 0 Å². The fraction of sp³-hybridized carbons (Fsp3) is 0.932. The molecule has 0 heterocycles. The van der Waals surface area contributed by atoms with Crippen LogP contribution in [-0.4, -0.2) is 69.4 Å². The van der Waals surface area contributed by atoms with Gasteiger partial charge in [-0.15, -0.1) is 0 Å². The summed E-state index contributed by atoms with van der Waals surface area (Å²) in [5, 5.41) is 3.03. The number of nitrogens with one attached hydrogen (secondary N) is 1. The van der Waals surface area contributed by atoms with E-state index in [-0.39, 0.29) is 31.5 Å². The highest BCUT2D eigenvalue weighted by Gasteiger charge is 2.27. The van der Waals surface area contributed by atoms with E-state index in [0.29, 0.717) is 17.4 Å². The van der Waals surface area contributed by atoms with Crippen LogP contribution in [0.15, 0.2) is 12.2 Å². The Morgan fingerprint density at radius 3 is 1.19 bits per heavy atom. The van der Waals surface area contributed by atoms with Gasteiger partial charge in [0.1, 0.15) is 19.3 Å². The van der Waals surface area contributed by atoms with Crippen molar-refractivity contribution in [2.45, 2.75) is 315 Å². The van der Waals surface area contributed by atoms with Crippen molar-refractivity contribution in [1.29, 1.82) is 0 Å². The molecule has 0 radical (unpaired) electrons. The number of nitrogens with zero attached hydrogens (tertiary/aromatic N) is 1. The van der Waals surface area contributed by atoms with Gasteiger partial charge in [-0.25, -0.2) is 0 Å². The normalized spacial score (nSPS) is 13.8. The van der Waals surface area contributed by atoms with Crippen LogP contribution in [0.25, 0.3) is 0 Å². The number of rotatable bonds is 55. The second-order valence-electron chi connectivity index (χ2n) is 21.9. The van der Waals surface area contributed by atoms with Gasteiger partial charge in [0.05, 0.1) is 33.8 Å². The summed E-state index contributed by atoms with van der Waals surface area (Å²) in [6.45, 7) is 6.88. The Labute approximate surface area is 429 Å². The molecule has 0 aromatic heterocycles.